The van der Waals surface area contributed by atoms with Crippen molar-refractivity contribution in [3.05, 3.63) is 67.7 Å². The van der Waals surface area contributed by atoms with Gasteiger partial charge in [-0.25, -0.2) is 0 Å². The molecule has 0 bridgehead atoms. The fourth-order valence-electron chi connectivity index (χ4n) is 1.78. The molecule has 0 aliphatic carbocycles. The molecule has 0 heterocycles. The van der Waals surface area contributed by atoms with Gasteiger partial charge in [0, 0.05) is 12.6 Å². The van der Waals surface area contributed by atoms with Crippen LogP contribution in [-0.4, -0.2) is 4.92 Å². The van der Waals surface area contributed by atoms with Gasteiger partial charge >= 0.3 is 0 Å². The number of nitriles is 1. The zero-order valence-corrected chi connectivity index (χ0v) is 12.1. The molecular weight excluding hydrogens is 313 g/mol. The maximum Gasteiger partial charge on any atom is 0.293 e. The maximum absolute atomic E-state index is 11.0. The van der Waals surface area contributed by atoms with Gasteiger partial charge in [0.15, 0.2) is 0 Å². The van der Waals surface area contributed by atoms with E-state index in [1.165, 1.54) is 12.1 Å². The molecule has 0 saturated carbocycles. The van der Waals surface area contributed by atoms with Crippen LogP contribution in [0.25, 0.3) is 0 Å². The number of nitrogens with zero attached hydrogens (tertiary/aromatic N) is 2. The number of nitro benzene ring substituents is 1. The van der Waals surface area contributed by atoms with E-state index in [4.69, 9.17) is 28.5 Å². The summed E-state index contributed by atoms with van der Waals surface area (Å²) in [5, 5.41) is 23.2. The molecule has 7 heteroatoms. The first-order chi connectivity index (χ1) is 10.0. The minimum atomic E-state index is -0.532. The summed E-state index contributed by atoms with van der Waals surface area (Å²) >= 11 is 11.7. The molecular formula is C14H9Cl2N3O2. The van der Waals surface area contributed by atoms with Crippen LogP contribution in [0.3, 0.4) is 0 Å². The van der Waals surface area contributed by atoms with E-state index < -0.39 is 4.92 Å². The highest BCUT2D eigenvalue weighted by Crippen LogP contribution is 2.34. The van der Waals surface area contributed by atoms with Gasteiger partial charge in [-0.05, 0) is 23.8 Å². The first-order valence-corrected chi connectivity index (χ1v) is 6.63. The molecule has 0 radical (unpaired) electrons. The van der Waals surface area contributed by atoms with Crippen molar-refractivity contribution in [2.75, 3.05) is 5.32 Å². The van der Waals surface area contributed by atoms with Gasteiger partial charge < -0.3 is 5.32 Å². The van der Waals surface area contributed by atoms with E-state index in [2.05, 4.69) is 5.32 Å². The number of hydrogen-bond donors (Lipinski definition) is 1. The lowest BCUT2D eigenvalue weighted by Crippen LogP contribution is -2.03. The second-order valence-corrected chi connectivity index (χ2v) is 5.02. The van der Waals surface area contributed by atoms with Crippen LogP contribution in [0.5, 0.6) is 0 Å². The van der Waals surface area contributed by atoms with Gasteiger partial charge in [-0.3, -0.25) is 10.1 Å². The summed E-state index contributed by atoms with van der Waals surface area (Å²) in [5.41, 5.74) is 1.48. The Bertz CT molecular complexity index is 741. The van der Waals surface area contributed by atoms with Gasteiger partial charge in [0.05, 0.1) is 26.6 Å². The van der Waals surface area contributed by atoms with Crippen molar-refractivity contribution in [2.24, 2.45) is 0 Å². The second-order valence-electron chi connectivity index (χ2n) is 4.21. The normalized spacial score (nSPS) is 9.95. The van der Waals surface area contributed by atoms with Crippen molar-refractivity contribution in [3.8, 4) is 6.07 Å². The molecule has 21 heavy (non-hydrogen) atoms. The molecule has 0 aliphatic rings. The molecule has 0 spiro atoms. The Morgan fingerprint density at radius 1 is 1.24 bits per heavy atom. The zero-order valence-electron chi connectivity index (χ0n) is 10.6. The van der Waals surface area contributed by atoms with Crippen LogP contribution in [0, 0.1) is 21.4 Å². The molecule has 0 fully saturated rings. The van der Waals surface area contributed by atoms with Crippen LogP contribution in [0.1, 0.15) is 11.1 Å². The molecule has 0 saturated heterocycles. The highest BCUT2D eigenvalue weighted by Gasteiger charge is 2.16. The molecule has 106 valence electrons. The Kier molecular flexibility index (Phi) is 4.63. The average molecular weight is 322 g/mol. The highest BCUT2D eigenvalue weighted by molar-refractivity contribution is 6.42. The fourth-order valence-corrected chi connectivity index (χ4v) is 2.10. The van der Waals surface area contributed by atoms with Gasteiger partial charge in [0.1, 0.15) is 5.69 Å². The summed E-state index contributed by atoms with van der Waals surface area (Å²) in [6.45, 7) is 0.328. The van der Waals surface area contributed by atoms with Gasteiger partial charge in [0.2, 0.25) is 0 Å². The van der Waals surface area contributed by atoms with Crippen LogP contribution < -0.4 is 5.32 Å². The minimum absolute atomic E-state index is 0.125. The fraction of sp³-hybridized carbons (Fsp3) is 0.0714. The highest BCUT2D eigenvalue weighted by atomic mass is 35.5. The molecule has 1 N–H and O–H groups in total. The van der Waals surface area contributed by atoms with E-state index in [0.29, 0.717) is 12.1 Å². The topological polar surface area (TPSA) is 79.0 Å². The number of hydrogen-bond acceptors (Lipinski definition) is 4. The van der Waals surface area contributed by atoms with Crippen LogP contribution >= 0.6 is 23.2 Å². The van der Waals surface area contributed by atoms with Gasteiger partial charge in [0.25, 0.3) is 5.69 Å². The maximum atomic E-state index is 11.0. The van der Waals surface area contributed by atoms with E-state index >= 15 is 0 Å². The second kappa shape index (κ2) is 6.44. The van der Waals surface area contributed by atoms with Crippen molar-refractivity contribution in [1.82, 2.24) is 0 Å². The van der Waals surface area contributed by atoms with E-state index in [9.17, 15) is 10.1 Å². The molecule has 0 unspecified atom stereocenters. The third-order valence-electron chi connectivity index (χ3n) is 2.77. The third kappa shape index (κ3) is 3.63. The molecule has 2 aromatic rings. The van der Waals surface area contributed by atoms with Gasteiger partial charge in [-0.15, -0.1) is 0 Å². The Balaban J connectivity index is 2.25. The average Bonchev–Trinajstić information content (AvgIpc) is 2.48. The van der Waals surface area contributed by atoms with Crippen molar-refractivity contribution >= 4 is 34.6 Å². The number of nitrogens with one attached hydrogen (secondary N) is 1. The Hall–Kier alpha value is -2.29. The Labute approximate surface area is 130 Å². The molecule has 0 atom stereocenters. The molecule has 2 rings (SSSR count). The number of rotatable bonds is 4. The summed E-state index contributed by atoms with van der Waals surface area (Å²) in [7, 11) is 0. The lowest BCUT2D eigenvalue weighted by Gasteiger charge is -2.09. The van der Waals surface area contributed by atoms with Gasteiger partial charge in [-0.1, -0.05) is 35.3 Å². The number of nitro groups is 1. The largest absolute Gasteiger partial charge is 0.375 e. The monoisotopic (exact) mass is 321 g/mol. The summed E-state index contributed by atoms with van der Waals surface area (Å²) in [6.07, 6.45) is 0. The van der Waals surface area contributed by atoms with Crippen molar-refractivity contribution in [1.29, 1.82) is 5.26 Å². The quantitative estimate of drug-likeness (QED) is 0.669. The van der Waals surface area contributed by atoms with Crippen LogP contribution in [-0.2, 0) is 6.54 Å². The summed E-state index contributed by atoms with van der Waals surface area (Å²) < 4.78 is 0. The Morgan fingerprint density at radius 2 is 1.95 bits per heavy atom. The van der Waals surface area contributed by atoms with E-state index in [1.807, 2.05) is 12.1 Å². The molecule has 2 aromatic carbocycles. The van der Waals surface area contributed by atoms with Crippen LogP contribution in [0.15, 0.2) is 36.4 Å². The van der Waals surface area contributed by atoms with Crippen LogP contribution in [0.2, 0.25) is 10.0 Å². The molecule has 0 aliphatic heterocycles. The number of anilines is 1. The lowest BCUT2D eigenvalue weighted by atomic mass is 10.1. The standard InChI is InChI=1S/C14H9Cl2N3O2/c15-11-5-13(14(19(20)21)6-12(11)16)18-8-10-3-1-2-9(4-10)7-17/h1-6,18H,8H2. The molecule has 5 nitrogen and oxygen atoms in total. The van der Waals surface area contributed by atoms with E-state index in [1.54, 1.807) is 18.2 Å². The Morgan fingerprint density at radius 3 is 2.62 bits per heavy atom. The molecule has 0 amide bonds. The summed E-state index contributed by atoms with van der Waals surface area (Å²) in [5.74, 6) is 0. The molecule has 0 aromatic heterocycles. The van der Waals surface area contributed by atoms with Crippen molar-refractivity contribution in [2.45, 2.75) is 6.54 Å². The predicted octanol–water partition coefficient (Wildman–Crippen LogP) is 4.39. The minimum Gasteiger partial charge on any atom is -0.375 e. The van der Waals surface area contributed by atoms with Crippen molar-refractivity contribution < 1.29 is 4.92 Å². The summed E-state index contributed by atoms with van der Waals surface area (Å²) in [4.78, 5) is 10.5. The van der Waals surface area contributed by atoms with E-state index in [0.717, 1.165) is 5.56 Å². The first-order valence-electron chi connectivity index (χ1n) is 5.87. The SMILES string of the molecule is N#Cc1cccc(CNc2cc(Cl)c(Cl)cc2[N+](=O)[O-])c1. The summed E-state index contributed by atoms with van der Waals surface area (Å²) in [6, 6.07) is 11.6. The number of benzene rings is 2. The van der Waals surface area contributed by atoms with Gasteiger partial charge in [-0.2, -0.15) is 5.26 Å². The lowest BCUT2D eigenvalue weighted by molar-refractivity contribution is -0.383. The third-order valence-corrected chi connectivity index (χ3v) is 3.50. The predicted molar refractivity (Wildman–Crippen MR) is 81.6 cm³/mol. The van der Waals surface area contributed by atoms with Crippen LogP contribution in [0.4, 0.5) is 11.4 Å². The number of halogens is 2. The first kappa shape index (κ1) is 15.1. The smallest absolute Gasteiger partial charge is 0.293 e. The zero-order chi connectivity index (χ0) is 15.4. The van der Waals surface area contributed by atoms with E-state index in [-0.39, 0.29) is 21.4 Å². The van der Waals surface area contributed by atoms with Crippen molar-refractivity contribution in [3.63, 3.8) is 0 Å².